The molecule has 0 aliphatic heterocycles. The molecule has 3 aliphatic carbocycles. The molecule has 0 amide bonds. The molecule has 0 aromatic heterocycles. The molecular formula is C18H29NO. The Hall–Kier alpha value is -0.550. The van der Waals surface area contributed by atoms with Gasteiger partial charge in [0.15, 0.2) is 0 Å². The largest absolute Gasteiger partial charge is 0.396 e. The van der Waals surface area contributed by atoms with E-state index in [0.29, 0.717) is 17.9 Å². The molecule has 20 heavy (non-hydrogen) atoms. The van der Waals surface area contributed by atoms with Crippen LogP contribution in [0.15, 0.2) is 0 Å². The van der Waals surface area contributed by atoms with E-state index < -0.39 is 0 Å². The molecular weight excluding hydrogens is 246 g/mol. The Kier molecular flexibility index (Phi) is 3.84. The Morgan fingerprint density at radius 2 is 1.95 bits per heavy atom. The molecule has 7 atom stereocenters. The van der Waals surface area contributed by atoms with Gasteiger partial charge in [-0.05, 0) is 80.0 Å². The summed E-state index contributed by atoms with van der Waals surface area (Å²) in [5.74, 6) is 4.32. The highest BCUT2D eigenvalue weighted by Crippen LogP contribution is 2.62. The van der Waals surface area contributed by atoms with Crippen LogP contribution in [0.5, 0.6) is 0 Å². The van der Waals surface area contributed by atoms with E-state index in [1.807, 2.05) is 0 Å². The van der Waals surface area contributed by atoms with Gasteiger partial charge in [0.05, 0.1) is 12.0 Å². The quantitative estimate of drug-likeness (QED) is 0.828. The monoisotopic (exact) mass is 275 g/mol. The first-order valence-corrected chi connectivity index (χ1v) is 8.62. The summed E-state index contributed by atoms with van der Waals surface area (Å²) in [5.41, 5.74) is 0.305. The Bertz CT molecular complexity index is 401. The van der Waals surface area contributed by atoms with Gasteiger partial charge >= 0.3 is 0 Å². The van der Waals surface area contributed by atoms with Crippen molar-refractivity contribution in [2.45, 2.75) is 58.8 Å². The summed E-state index contributed by atoms with van der Waals surface area (Å²) in [6.07, 6.45) is 8.63. The Balaban J connectivity index is 1.78. The fourth-order valence-electron chi connectivity index (χ4n) is 6.19. The van der Waals surface area contributed by atoms with Crippen molar-refractivity contribution in [2.24, 2.45) is 40.9 Å². The Morgan fingerprint density at radius 1 is 1.15 bits per heavy atom. The summed E-state index contributed by atoms with van der Waals surface area (Å²) >= 11 is 0. The van der Waals surface area contributed by atoms with Crippen molar-refractivity contribution in [3.8, 4) is 6.07 Å². The van der Waals surface area contributed by atoms with E-state index in [2.05, 4.69) is 19.9 Å². The van der Waals surface area contributed by atoms with E-state index in [0.717, 1.165) is 42.4 Å². The van der Waals surface area contributed by atoms with Gasteiger partial charge in [0, 0.05) is 6.61 Å². The lowest BCUT2D eigenvalue weighted by molar-refractivity contribution is -0.0434. The summed E-state index contributed by atoms with van der Waals surface area (Å²) in [6.45, 7) is 5.18. The number of aliphatic hydroxyl groups excluding tert-OH is 1. The fourth-order valence-corrected chi connectivity index (χ4v) is 6.19. The van der Waals surface area contributed by atoms with Gasteiger partial charge in [0.1, 0.15) is 0 Å². The molecule has 3 rings (SSSR count). The van der Waals surface area contributed by atoms with Gasteiger partial charge in [-0.1, -0.05) is 13.8 Å². The highest BCUT2D eigenvalue weighted by atomic mass is 16.3. The van der Waals surface area contributed by atoms with Crippen LogP contribution >= 0.6 is 0 Å². The van der Waals surface area contributed by atoms with Crippen LogP contribution in [-0.2, 0) is 0 Å². The second kappa shape index (κ2) is 5.34. The summed E-state index contributed by atoms with van der Waals surface area (Å²) in [7, 11) is 0. The highest BCUT2D eigenvalue weighted by Gasteiger charge is 2.55. The average Bonchev–Trinajstić information content (AvgIpc) is 2.78. The fraction of sp³-hybridized carbons (Fsp3) is 0.944. The van der Waals surface area contributed by atoms with Gasteiger partial charge in [-0.3, -0.25) is 0 Å². The second-order valence-corrected chi connectivity index (χ2v) is 7.95. The van der Waals surface area contributed by atoms with Crippen LogP contribution < -0.4 is 0 Å². The highest BCUT2D eigenvalue weighted by molar-refractivity contribution is 5.09. The molecule has 112 valence electrons. The van der Waals surface area contributed by atoms with Gasteiger partial charge < -0.3 is 5.11 Å². The van der Waals surface area contributed by atoms with Crippen molar-refractivity contribution in [1.29, 1.82) is 5.26 Å². The smallest absolute Gasteiger partial charge is 0.0661 e. The van der Waals surface area contributed by atoms with Crippen molar-refractivity contribution in [2.75, 3.05) is 6.61 Å². The molecule has 0 bridgehead atoms. The molecule has 1 N–H and O–H groups in total. The van der Waals surface area contributed by atoms with Crippen LogP contribution in [-0.4, -0.2) is 11.7 Å². The van der Waals surface area contributed by atoms with Gasteiger partial charge in [0.25, 0.3) is 0 Å². The molecule has 2 heteroatoms. The molecule has 0 aromatic rings. The number of hydrogen-bond donors (Lipinski definition) is 1. The maximum Gasteiger partial charge on any atom is 0.0661 e. The van der Waals surface area contributed by atoms with Crippen molar-refractivity contribution in [1.82, 2.24) is 0 Å². The molecule has 0 radical (unpaired) electrons. The maximum atomic E-state index is 9.45. The molecule has 0 heterocycles. The van der Waals surface area contributed by atoms with E-state index in [1.54, 1.807) is 0 Å². The van der Waals surface area contributed by atoms with E-state index >= 15 is 0 Å². The van der Waals surface area contributed by atoms with Crippen LogP contribution in [0.25, 0.3) is 0 Å². The van der Waals surface area contributed by atoms with Gasteiger partial charge in [0.2, 0.25) is 0 Å². The normalized spacial score (nSPS) is 51.1. The van der Waals surface area contributed by atoms with Crippen molar-refractivity contribution < 1.29 is 5.11 Å². The van der Waals surface area contributed by atoms with Crippen molar-refractivity contribution >= 4 is 0 Å². The summed E-state index contributed by atoms with van der Waals surface area (Å²) in [4.78, 5) is 0. The minimum absolute atomic E-state index is 0.305. The molecule has 0 spiro atoms. The molecule has 0 saturated heterocycles. The zero-order chi connectivity index (χ0) is 14.3. The molecule has 0 unspecified atom stereocenters. The third kappa shape index (κ3) is 2.01. The number of hydrogen-bond acceptors (Lipinski definition) is 2. The van der Waals surface area contributed by atoms with Crippen molar-refractivity contribution in [3.05, 3.63) is 0 Å². The molecule has 3 aliphatic rings. The standard InChI is InChI=1S/C18H29NO/c1-12-13(8-10-20)3-5-16-15(12)7-9-18(2)14(11-19)4-6-17(16)18/h12-17,20H,3-10H2,1-2H3/t12-,13-,14-,15+,16+,17-,18+/m0/s1. The first-order valence-electron chi connectivity index (χ1n) is 8.62. The average molecular weight is 275 g/mol. The van der Waals surface area contributed by atoms with Crippen LogP contribution in [0.2, 0.25) is 0 Å². The third-order valence-corrected chi connectivity index (χ3v) is 7.44. The zero-order valence-electron chi connectivity index (χ0n) is 13.0. The molecule has 3 saturated carbocycles. The van der Waals surface area contributed by atoms with Crippen LogP contribution in [0.4, 0.5) is 0 Å². The number of nitrogens with zero attached hydrogens (tertiary/aromatic N) is 1. The van der Waals surface area contributed by atoms with E-state index in [-0.39, 0.29) is 0 Å². The third-order valence-electron chi connectivity index (χ3n) is 7.44. The summed E-state index contributed by atoms with van der Waals surface area (Å²) in [5, 5.41) is 18.7. The maximum absolute atomic E-state index is 9.45. The van der Waals surface area contributed by atoms with E-state index in [9.17, 15) is 10.4 Å². The topological polar surface area (TPSA) is 44.0 Å². The minimum Gasteiger partial charge on any atom is -0.396 e. The SMILES string of the molecule is C[C@H]1[C@H](CCO)CC[C@@H]2[C@@H]1CC[C@]1(C)[C@H](C#N)CC[C@@H]21. The number of fused-ring (bicyclic) bond motifs is 3. The second-order valence-electron chi connectivity index (χ2n) is 7.95. The van der Waals surface area contributed by atoms with Crippen molar-refractivity contribution in [3.63, 3.8) is 0 Å². The van der Waals surface area contributed by atoms with E-state index in [4.69, 9.17) is 0 Å². The van der Waals surface area contributed by atoms with E-state index in [1.165, 1.54) is 32.1 Å². The zero-order valence-corrected chi connectivity index (χ0v) is 13.0. The van der Waals surface area contributed by atoms with Gasteiger partial charge in [-0.2, -0.15) is 5.26 Å². The summed E-state index contributed by atoms with van der Waals surface area (Å²) in [6, 6.07) is 2.61. The van der Waals surface area contributed by atoms with Gasteiger partial charge in [-0.25, -0.2) is 0 Å². The number of nitriles is 1. The lowest BCUT2D eigenvalue weighted by atomic mass is 9.51. The lowest BCUT2D eigenvalue weighted by Gasteiger charge is -2.53. The first kappa shape index (κ1) is 14.4. The summed E-state index contributed by atoms with van der Waals surface area (Å²) < 4.78 is 0. The van der Waals surface area contributed by atoms with Crippen LogP contribution in [0.1, 0.15) is 58.8 Å². The molecule has 2 nitrogen and oxygen atoms in total. The number of rotatable bonds is 2. The molecule has 0 aromatic carbocycles. The minimum atomic E-state index is 0.305. The van der Waals surface area contributed by atoms with Crippen LogP contribution in [0, 0.1) is 52.3 Å². The first-order chi connectivity index (χ1) is 9.61. The Labute approximate surface area is 123 Å². The predicted octanol–water partition coefficient (Wildman–Crippen LogP) is 4.00. The molecule has 3 fully saturated rings. The predicted molar refractivity (Wildman–Crippen MR) is 79.7 cm³/mol. The number of aliphatic hydroxyl groups is 1. The van der Waals surface area contributed by atoms with Gasteiger partial charge in [-0.15, -0.1) is 0 Å². The lowest BCUT2D eigenvalue weighted by Crippen LogP contribution is -2.46. The Morgan fingerprint density at radius 3 is 2.65 bits per heavy atom. The van der Waals surface area contributed by atoms with Crippen LogP contribution in [0.3, 0.4) is 0 Å².